The summed E-state index contributed by atoms with van der Waals surface area (Å²) in [7, 11) is 0. The quantitative estimate of drug-likeness (QED) is 0.662. The van der Waals surface area contributed by atoms with Crippen LogP contribution in [-0.4, -0.2) is 21.6 Å². The van der Waals surface area contributed by atoms with Gasteiger partial charge in [-0.2, -0.15) is 0 Å². The largest absolute Gasteiger partial charge is 0.396 e. The van der Waals surface area contributed by atoms with Gasteiger partial charge in [-0.1, -0.05) is 12.2 Å². The van der Waals surface area contributed by atoms with Crippen molar-refractivity contribution < 1.29 is 10.0 Å². The molecule has 18 heavy (non-hydrogen) atoms. The van der Waals surface area contributed by atoms with Gasteiger partial charge in [0, 0.05) is 24.4 Å². The van der Waals surface area contributed by atoms with Crippen LogP contribution in [0.25, 0.3) is 17.0 Å². The van der Waals surface area contributed by atoms with Crippen molar-refractivity contribution in [3.8, 4) is 0 Å². The van der Waals surface area contributed by atoms with Crippen molar-refractivity contribution in [1.29, 1.82) is 0 Å². The molecule has 0 aliphatic rings. The first-order chi connectivity index (χ1) is 8.74. The van der Waals surface area contributed by atoms with Crippen molar-refractivity contribution in [2.75, 3.05) is 6.61 Å². The molecule has 2 aromatic rings. The summed E-state index contributed by atoms with van der Waals surface area (Å²) >= 11 is 0. The van der Waals surface area contributed by atoms with E-state index in [0.29, 0.717) is 17.3 Å². The Hall–Kier alpha value is -2.27. The Kier molecular flexibility index (Phi) is 3.64. The standard InChI is InChI=1S/C13H12N2O3/c16-9-2-1-4-10-6-7-12(15(17)18)11-5-3-8-14-13(10)11/h1,3-8,16H,2,9H2. The molecular formula is C13H12N2O3. The molecule has 0 aliphatic carbocycles. The van der Waals surface area contributed by atoms with Crippen molar-refractivity contribution >= 4 is 22.7 Å². The van der Waals surface area contributed by atoms with Crippen LogP contribution in [-0.2, 0) is 0 Å². The first-order valence-corrected chi connectivity index (χ1v) is 5.53. The molecule has 0 fully saturated rings. The van der Waals surface area contributed by atoms with E-state index in [9.17, 15) is 10.1 Å². The first kappa shape index (κ1) is 12.2. The van der Waals surface area contributed by atoms with E-state index in [0.717, 1.165) is 5.56 Å². The van der Waals surface area contributed by atoms with E-state index in [4.69, 9.17) is 5.11 Å². The van der Waals surface area contributed by atoms with E-state index < -0.39 is 4.92 Å². The predicted molar refractivity (Wildman–Crippen MR) is 69.1 cm³/mol. The van der Waals surface area contributed by atoms with Gasteiger partial charge in [0.15, 0.2) is 0 Å². The number of nitro benzene ring substituents is 1. The molecule has 5 heteroatoms. The SMILES string of the molecule is O=[N+]([O-])c1ccc(C=CCCO)c2ncccc12. The third kappa shape index (κ3) is 2.36. The Labute approximate surface area is 104 Å². The van der Waals surface area contributed by atoms with Gasteiger partial charge in [-0.05, 0) is 24.6 Å². The third-order valence-corrected chi connectivity index (χ3v) is 2.57. The molecule has 0 unspecified atom stereocenters. The third-order valence-electron chi connectivity index (χ3n) is 2.57. The molecule has 0 saturated heterocycles. The summed E-state index contributed by atoms with van der Waals surface area (Å²) in [5.74, 6) is 0. The Bertz CT molecular complexity index is 608. The number of rotatable bonds is 4. The fourth-order valence-electron chi connectivity index (χ4n) is 1.76. The summed E-state index contributed by atoms with van der Waals surface area (Å²) in [5, 5.41) is 20.2. The molecule has 1 aromatic heterocycles. The highest BCUT2D eigenvalue weighted by molar-refractivity contribution is 5.93. The van der Waals surface area contributed by atoms with Crippen LogP contribution in [0.4, 0.5) is 5.69 Å². The molecule has 0 radical (unpaired) electrons. The second kappa shape index (κ2) is 5.37. The number of pyridine rings is 1. The summed E-state index contributed by atoms with van der Waals surface area (Å²) in [6.07, 6.45) is 5.78. The number of aliphatic hydroxyl groups excluding tert-OH is 1. The number of aliphatic hydroxyl groups is 1. The topological polar surface area (TPSA) is 76.3 Å². The van der Waals surface area contributed by atoms with Gasteiger partial charge in [0.1, 0.15) is 0 Å². The van der Waals surface area contributed by atoms with Gasteiger partial charge >= 0.3 is 0 Å². The molecule has 0 amide bonds. The molecule has 2 rings (SSSR count). The zero-order chi connectivity index (χ0) is 13.0. The average Bonchev–Trinajstić information content (AvgIpc) is 2.38. The summed E-state index contributed by atoms with van der Waals surface area (Å²) in [6.45, 7) is 0.0782. The molecule has 0 atom stereocenters. The summed E-state index contributed by atoms with van der Waals surface area (Å²) in [5.41, 5.74) is 1.46. The predicted octanol–water partition coefficient (Wildman–Crippen LogP) is 2.54. The van der Waals surface area contributed by atoms with E-state index in [-0.39, 0.29) is 12.3 Å². The highest BCUT2D eigenvalue weighted by atomic mass is 16.6. The molecule has 1 aromatic carbocycles. The lowest BCUT2D eigenvalue weighted by Gasteiger charge is -2.02. The van der Waals surface area contributed by atoms with Crippen LogP contribution >= 0.6 is 0 Å². The van der Waals surface area contributed by atoms with Crippen molar-refractivity contribution in [2.45, 2.75) is 6.42 Å². The number of fused-ring (bicyclic) bond motifs is 1. The smallest absolute Gasteiger partial charge is 0.278 e. The molecule has 1 heterocycles. The van der Waals surface area contributed by atoms with Crippen LogP contribution in [0.5, 0.6) is 0 Å². The van der Waals surface area contributed by atoms with Gasteiger partial charge in [0.25, 0.3) is 5.69 Å². The van der Waals surface area contributed by atoms with Crippen molar-refractivity contribution in [3.05, 3.63) is 52.2 Å². The van der Waals surface area contributed by atoms with Crippen molar-refractivity contribution in [2.24, 2.45) is 0 Å². The van der Waals surface area contributed by atoms with Crippen molar-refractivity contribution in [3.63, 3.8) is 0 Å². The molecule has 0 aliphatic heterocycles. The molecule has 0 saturated carbocycles. The number of aromatic nitrogens is 1. The summed E-state index contributed by atoms with van der Waals surface area (Å²) in [6, 6.07) is 6.50. The molecule has 92 valence electrons. The second-order valence-electron chi connectivity index (χ2n) is 3.75. The first-order valence-electron chi connectivity index (χ1n) is 5.53. The normalized spacial score (nSPS) is 11.2. The van der Waals surface area contributed by atoms with Crippen LogP contribution in [0.15, 0.2) is 36.5 Å². The number of hydrogen-bond donors (Lipinski definition) is 1. The molecule has 5 nitrogen and oxygen atoms in total. The Morgan fingerprint density at radius 2 is 2.22 bits per heavy atom. The van der Waals surface area contributed by atoms with Crippen LogP contribution in [0.3, 0.4) is 0 Å². The Morgan fingerprint density at radius 3 is 2.94 bits per heavy atom. The minimum Gasteiger partial charge on any atom is -0.396 e. The van der Waals surface area contributed by atoms with Crippen LogP contribution in [0.2, 0.25) is 0 Å². The highest BCUT2D eigenvalue weighted by Gasteiger charge is 2.13. The van der Waals surface area contributed by atoms with Crippen LogP contribution < -0.4 is 0 Å². The second-order valence-corrected chi connectivity index (χ2v) is 3.75. The fourth-order valence-corrected chi connectivity index (χ4v) is 1.76. The lowest BCUT2D eigenvalue weighted by molar-refractivity contribution is -0.383. The van der Waals surface area contributed by atoms with Gasteiger partial charge in [-0.3, -0.25) is 15.1 Å². The average molecular weight is 244 g/mol. The number of non-ortho nitro benzene ring substituents is 1. The Morgan fingerprint density at radius 1 is 1.39 bits per heavy atom. The summed E-state index contributed by atoms with van der Waals surface area (Å²) < 4.78 is 0. The zero-order valence-electron chi connectivity index (χ0n) is 9.61. The Balaban J connectivity index is 2.57. The van der Waals surface area contributed by atoms with E-state index in [1.807, 2.05) is 12.2 Å². The monoisotopic (exact) mass is 244 g/mol. The minimum atomic E-state index is -0.411. The lowest BCUT2D eigenvalue weighted by atomic mass is 10.1. The molecule has 1 N–H and O–H groups in total. The van der Waals surface area contributed by atoms with Gasteiger partial charge in [-0.25, -0.2) is 0 Å². The fraction of sp³-hybridized carbons (Fsp3) is 0.154. The van der Waals surface area contributed by atoms with Crippen LogP contribution in [0, 0.1) is 10.1 Å². The number of hydrogen-bond acceptors (Lipinski definition) is 4. The zero-order valence-corrected chi connectivity index (χ0v) is 9.61. The van der Waals surface area contributed by atoms with E-state index in [2.05, 4.69) is 4.98 Å². The molecule has 0 spiro atoms. The highest BCUT2D eigenvalue weighted by Crippen LogP contribution is 2.27. The van der Waals surface area contributed by atoms with Gasteiger partial charge in [0.2, 0.25) is 0 Å². The lowest BCUT2D eigenvalue weighted by Crippen LogP contribution is -1.92. The number of benzene rings is 1. The summed E-state index contributed by atoms with van der Waals surface area (Å²) in [4.78, 5) is 14.7. The van der Waals surface area contributed by atoms with E-state index in [1.165, 1.54) is 6.07 Å². The van der Waals surface area contributed by atoms with Gasteiger partial charge < -0.3 is 5.11 Å². The van der Waals surface area contributed by atoms with E-state index in [1.54, 1.807) is 24.4 Å². The molecule has 0 bridgehead atoms. The van der Waals surface area contributed by atoms with Crippen molar-refractivity contribution in [1.82, 2.24) is 4.98 Å². The van der Waals surface area contributed by atoms with Gasteiger partial charge in [0.05, 0.1) is 15.8 Å². The van der Waals surface area contributed by atoms with E-state index >= 15 is 0 Å². The maximum absolute atomic E-state index is 10.9. The van der Waals surface area contributed by atoms with Gasteiger partial charge in [-0.15, -0.1) is 0 Å². The minimum absolute atomic E-state index is 0.0532. The number of nitrogens with zero attached hydrogens (tertiary/aromatic N) is 2. The number of nitro groups is 1. The maximum Gasteiger partial charge on any atom is 0.278 e. The van der Waals surface area contributed by atoms with Crippen LogP contribution in [0.1, 0.15) is 12.0 Å². The molecular weight excluding hydrogens is 232 g/mol. The maximum atomic E-state index is 10.9.